The number of hydrogen-bond donors (Lipinski definition) is 2. The van der Waals surface area contributed by atoms with Gasteiger partial charge in [-0.25, -0.2) is 9.97 Å². The first kappa shape index (κ1) is 17.4. The Balaban J connectivity index is 1.33. The lowest BCUT2D eigenvalue weighted by Gasteiger charge is -2.35. The zero-order valence-electron chi connectivity index (χ0n) is 16.2. The van der Waals surface area contributed by atoms with E-state index in [0.29, 0.717) is 11.8 Å². The van der Waals surface area contributed by atoms with Gasteiger partial charge in [-0.15, -0.1) is 0 Å². The summed E-state index contributed by atoms with van der Waals surface area (Å²) in [5, 5.41) is 10.7. The highest BCUT2D eigenvalue weighted by atomic mass is 16.5. The molecule has 2 aliphatic rings. The van der Waals surface area contributed by atoms with Gasteiger partial charge in [0.15, 0.2) is 5.82 Å². The Kier molecular flexibility index (Phi) is 4.19. The van der Waals surface area contributed by atoms with E-state index in [9.17, 15) is 5.11 Å². The fraction of sp³-hybridized carbons (Fsp3) is 0.476. The summed E-state index contributed by atoms with van der Waals surface area (Å²) in [6.07, 6.45) is 4.47. The number of nitrogens with one attached hydrogen (secondary N) is 1. The molecule has 1 aliphatic carbocycles. The maximum atomic E-state index is 10.7. The van der Waals surface area contributed by atoms with Gasteiger partial charge in [-0.1, -0.05) is 0 Å². The van der Waals surface area contributed by atoms with Crippen LogP contribution >= 0.6 is 0 Å². The van der Waals surface area contributed by atoms with Crippen LogP contribution in [-0.4, -0.2) is 50.3 Å². The Morgan fingerprint density at radius 3 is 2.75 bits per heavy atom. The number of pyridine rings is 1. The van der Waals surface area contributed by atoms with Gasteiger partial charge in [0.25, 0.3) is 0 Å². The number of aryl methyl sites for hydroxylation is 2. The summed E-state index contributed by atoms with van der Waals surface area (Å²) in [6.45, 7) is 5.75. The number of aliphatic hydroxyl groups excluding tert-OH is 1. The SMILES string of the molecule is Cc1ccc(O[C@@H]2C[C@@H]3CN(c4ncnc5cc[nH]c45)C[C@@H]3C[C@H]2O)c(C)n1. The van der Waals surface area contributed by atoms with Gasteiger partial charge in [0.2, 0.25) is 0 Å². The average molecular weight is 379 g/mol. The number of hydrogen-bond acceptors (Lipinski definition) is 6. The van der Waals surface area contributed by atoms with E-state index in [-0.39, 0.29) is 6.10 Å². The van der Waals surface area contributed by atoms with Crippen LogP contribution in [0.5, 0.6) is 5.75 Å². The molecule has 4 heterocycles. The summed E-state index contributed by atoms with van der Waals surface area (Å²) in [6, 6.07) is 5.88. The van der Waals surface area contributed by atoms with Crippen LogP contribution in [0.3, 0.4) is 0 Å². The minimum Gasteiger partial charge on any atom is -0.486 e. The molecule has 5 rings (SSSR count). The number of ether oxygens (including phenoxy) is 1. The van der Waals surface area contributed by atoms with Crippen molar-refractivity contribution in [3.8, 4) is 5.75 Å². The van der Waals surface area contributed by atoms with Gasteiger partial charge in [-0.3, -0.25) is 4.98 Å². The molecule has 146 valence electrons. The quantitative estimate of drug-likeness (QED) is 0.727. The first-order chi connectivity index (χ1) is 13.6. The highest BCUT2D eigenvalue weighted by molar-refractivity contribution is 5.86. The van der Waals surface area contributed by atoms with Crippen molar-refractivity contribution in [2.75, 3.05) is 18.0 Å². The van der Waals surface area contributed by atoms with Crippen molar-refractivity contribution in [2.24, 2.45) is 11.8 Å². The molecule has 7 nitrogen and oxygen atoms in total. The van der Waals surface area contributed by atoms with E-state index in [1.807, 2.05) is 38.2 Å². The van der Waals surface area contributed by atoms with Crippen LogP contribution in [0.15, 0.2) is 30.7 Å². The maximum absolute atomic E-state index is 10.7. The number of H-pyrrole nitrogens is 1. The number of aromatic nitrogens is 4. The van der Waals surface area contributed by atoms with E-state index in [0.717, 1.165) is 59.9 Å². The van der Waals surface area contributed by atoms with E-state index in [1.165, 1.54) is 0 Å². The van der Waals surface area contributed by atoms with Gasteiger partial charge in [0.1, 0.15) is 23.7 Å². The standard InChI is InChI=1S/C21H25N5O2/c1-12-3-4-18(13(2)25-12)28-19-8-15-10-26(9-14(15)7-17(19)27)21-20-16(5-6-22-20)23-11-24-21/h3-6,11,14-15,17,19,22,27H,7-10H2,1-2H3/t14-,15+,17+,19+/m0/s1. The Morgan fingerprint density at radius 2 is 1.93 bits per heavy atom. The third-order valence-electron chi connectivity index (χ3n) is 6.16. The average Bonchev–Trinajstić information content (AvgIpc) is 3.30. The Labute approximate surface area is 163 Å². The number of anilines is 1. The Bertz CT molecular complexity index is 1000. The van der Waals surface area contributed by atoms with E-state index >= 15 is 0 Å². The Hall–Kier alpha value is -2.67. The van der Waals surface area contributed by atoms with E-state index in [4.69, 9.17) is 4.74 Å². The van der Waals surface area contributed by atoms with Crippen LogP contribution in [0.2, 0.25) is 0 Å². The van der Waals surface area contributed by atoms with Crippen LogP contribution in [0.4, 0.5) is 5.82 Å². The smallest absolute Gasteiger partial charge is 0.156 e. The molecule has 1 aliphatic heterocycles. The first-order valence-electron chi connectivity index (χ1n) is 9.90. The third-order valence-corrected chi connectivity index (χ3v) is 6.16. The van der Waals surface area contributed by atoms with Crippen LogP contribution in [-0.2, 0) is 0 Å². The second kappa shape index (κ2) is 6.74. The number of rotatable bonds is 3. The monoisotopic (exact) mass is 379 g/mol. The van der Waals surface area contributed by atoms with Crippen molar-refractivity contribution < 1.29 is 9.84 Å². The second-order valence-corrected chi connectivity index (χ2v) is 8.09. The molecule has 1 saturated carbocycles. The fourth-order valence-electron chi connectivity index (χ4n) is 4.75. The van der Waals surface area contributed by atoms with Crippen molar-refractivity contribution in [1.82, 2.24) is 19.9 Å². The molecule has 1 saturated heterocycles. The summed E-state index contributed by atoms with van der Waals surface area (Å²) < 4.78 is 6.20. The van der Waals surface area contributed by atoms with Crippen LogP contribution < -0.4 is 9.64 Å². The molecule has 3 aromatic heterocycles. The van der Waals surface area contributed by atoms with Gasteiger partial charge in [-0.2, -0.15) is 0 Å². The third kappa shape index (κ3) is 2.99. The lowest BCUT2D eigenvalue weighted by molar-refractivity contribution is -0.0236. The fourth-order valence-corrected chi connectivity index (χ4v) is 4.75. The lowest BCUT2D eigenvalue weighted by atomic mass is 9.78. The largest absolute Gasteiger partial charge is 0.486 e. The maximum Gasteiger partial charge on any atom is 0.156 e. The summed E-state index contributed by atoms with van der Waals surface area (Å²) in [7, 11) is 0. The van der Waals surface area contributed by atoms with Gasteiger partial charge in [0.05, 0.1) is 17.3 Å². The summed E-state index contributed by atoms with van der Waals surface area (Å²) in [5.41, 5.74) is 3.76. The summed E-state index contributed by atoms with van der Waals surface area (Å²) in [5.74, 6) is 2.65. The Morgan fingerprint density at radius 1 is 1.11 bits per heavy atom. The number of fused-ring (bicyclic) bond motifs is 2. The molecule has 2 N–H and O–H groups in total. The molecule has 3 aromatic rings. The molecule has 2 fully saturated rings. The molecule has 0 bridgehead atoms. The predicted molar refractivity (Wildman–Crippen MR) is 106 cm³/mol. The highest BCUT2D eigenvalue weighted by Gasteiger charge is 2.43. The zero-order valence-corrected chi connectivity index (χ0v) is 16.2. The van der Waals surface area contributed by atoms with Crippen LogP contribution in [0.25, 0.3) is 11.0 Å². The summed E-state index contributed by atoms with van der Waals surface area (Å²) in [4.78, 5) is 18.9. The van der Waals surface area contributed by atoms with E-state index in [2.05, 4.69) is 24.8 Å². The number of aliphatic hydroxyl groups is 1. The van der Waals surface area contributed by atoms with Crippen LogP contribution in [0.1, 0.15) is 24.2 Å². The van der Waals surface area contributed by atoms with Gasteiger partial charge < -0.3 is 19.7 Å². The lowest BCUT2D eigenvalue weighted by Crippen LogP contribution is -2.42. The molecular weight excluding hydrogens is 354 g/mol. The molecule has 0 amide bonds. The molecule has 4 atom stereocenters. The normalized spacial score (nSPS) is 27.2. The minimum absolute atomic E-state index is 0.194. The van der Waals surface area contributed by atoms with Crippen molar-refractivity contribution >= 4 is 16.9 Å². The highest BCUT2D eigenvalue weighted by Crippen LogP contribution is 2.40. The molecule has 0 unspecified atom stereocenters. The summed E-state index contributed by atoms with van der Waals surface area (Å²) >= 11 is 0. The predicted octanol–water partition coefficient (Wildman–Crippen LogP) is 2.62. The topological polar surface area (TPSA) is 87.2 Å². The number of nitrogens with zero attached hydrogens (tertiary/aromatic N) is 4. The van der Waals surface area contributed by atoms with Gasteiger partial charge in [0, 0.05) is 25.0 Å². The van der Waals surface area contributed by atoms with E-state index in [1.54, 1.807) is 6.33 Å². The molecule has 0 aromatic carbocycles. The molecule has 0 radical (unpaired) electrons. The van der Waals surface area contributed by atoms with Crippen molar-refractivity contribution in [3.63, 3.8) is 0 Å². The minimum atomic E-state index is -0.460. The molecular formula is C21H25N5O2. The van der Waals surface area contributed by atoms with Crippen molar-refractivity contribution in [3.05, 3.63) is 42.1 Å². The molecule has 28 heavy (non-hydrogen) atoms. The van der Waals surface area contributed by atoms with Crippen molar-refractivity contribution in [2.45, 2.75) is 38.9 Å². The van der Waals surface area contributed by atoms with Gasteiger partial charge in [-0.05, 0) is 56.7 Å². The van der Waals surface area contributed by atoms with E-state index < -0.39 is 6.10 Å². The molecule has 0 spiro atoms. The zero-order chi connectivity index (χ0) is 19.3. The molecule has 7 heteroatoms. The second-order valence-electron chi connectivity index (χ2n) is 8.09. The van der Waals surface area contributed by atoms with Crippen molar-refractivity contribution in [1.29, 1.82) is 0 Å². The first-order valence-corrected chi connectivity index (χ1v) is 9.90. The number of aromatic amines is 1. The van der Waals surface area contributed by atoms with Crippen LogP contribution in [0, 0.1) is 25.7 Å². The van der Waals surface area contributed by atoms with Gasteiger partial charge >= 0.3 is 0 Å².